The summed E-state index contributed by atoms with van der Waals surface area (Å²) in [4.78, 5) is 16.7. The fraction of sp³-hybridized carbons (Fsp3) is 0.143. The van der Waals surface area contributed by atoms with Gasteiger partial charge in [0.25, 0.3) is 0 Å². The fourth-order valence-corrected chi connectivity index (χ4v) is 3.62. The Hall–Kier alpha value is -2.72. The number of amides is 1. The van der Waals surface area contributed by atoms with Crippen molar-refractivity contribution in [2.24, 2.45) is 0 Å². The summed E-state index contributed by atoms with van der Waals surface area (Å²) in [6, 6.07) is 14.0. The molecule has 0 atom stereocenters. The maximum atomic E-state index is 12.1. The molecule has 0 aliphatic rings. The zero-order valence-electron chi connectivity index (χ0n) is 14.5. The minimum absolute atomic E-state index is 0.179. The largest absolute Gasteiger partial charge is 0.298 e. The van der Waals surface area contributed by atoms with Crippen LogP contribution < -0.4 is 5.32 Å². The number of aromatic nitrogens is 1. The Morgan fingerprint density at radius 3 is 2.44 bits per heavy atom. The first-order valence-corrected chi connectivity index (χ1v) is 8.99. The molecule has 3 rings (SSSR count). The third kappa shape index (κ3) is 4.22. The van der Waals surface area contributed by atoms with Crippen molar-refractivity contribution in [3.63, 3.8) is 0 Å². The molecule has 0 saturated carbocycles. The molecule has 3 nitrogen and oxygen atoms in total. The van der Waals surface area contributed by atoms with Gasteiger partial charge in [0.05, 0.1) is 5.69 Å². The van der Waals surface area contributed by atoms with Crippen LogP contribution in [0.3, 0.4) is 0 Å². The maximum absolute atomic E-state index is 12.1. The number of nitrogens with zero attached hydrogens (tertiary/aromatic N) is 1. The highest BCUT2D eigenvalue weighted by Gasteiger charge is 2.11. The number of hydrogen-bond acceptors (Lipinski definition) is 3. The standard InChI is InChI=1S/C21H20N2OS/c1-14-11-15(2)20(16(3)12-14)18-13-25-21(22-18)23-19(24)10-9-17-7-5-4-6-8-17/h4-13H,1-3H3,(H,22,23,24). The Labute approximate surface area is 152 Å². The SMILES string of the molecule is Cc1cc(C)c(-c2csc(NC(=O)C=Cc3ccccc3)n2)c(C)c1. The van der Waals surface area contributed by atoms with E-state index in [0.717, 1.165) is 16.8 Å². The summed E-state index contributed by atoms with van der Waals surface area (Å²) in [5, 5.41) is 5.43. The Balaban J connectivity index is 1.74. The normalized spacial score (nSPS) is 11.0. The van der Waals surface area contributed by atoms with E-state index >= 15 is 0 Å². The number of anilines is 1. The van der Waals surface area contributed by atoms with Crippen molar-refractivity contribution in [3.8, 4) is 11.3 Å². The lowest BCUT2D eigenvalue weighted by atomic mass is 9.98. The van der Waals surface area contributed by atoms with Gasteiger partial charge in [0, 0.05) is 17.0 Å². The average molecular weight is 348 g/mol. The Morgan fingerprint density at radius 1 is 1.08 bits per heavy atom. The molecule has 1 aromatic heterocycles. The first kappa shape index (κ1) is 17.1. The molecule has 0 fully saturated rings. The number of aryl methyl sites for hydroxylation is 3. The zero-order valence-corrected chi connectivity index (χ0v) is 15.4. The predicted octanol–water partition coefficient (Wildman–Crippen LogP) is 5.39. The van der Waals surface area contributed by atoms with Crippen molar-refractivity contribution in [2.45, 2.75) is 20.8 Å². The molecule has 0 spiro atoms. The van der Waals surface area contributed by atoms with Crippen LogP contribution in [0.15, 0.2) is 53.9 Å². The summed E-state index contributed by atoms with van der Waals surface area (Å²) in [5.74, 6) is -0.179. The number of carbonyl (C=O) groups is 1. The molecule has 0 unspecified atom stereocenters. The van der Waals surface area contributed by atoms with E-state index in [1.807, 2.05) is 35.7 Å². The van der Waals surface area contributed by atoms with Crippen LogP contribution in [0.4, 0.5) is 5.13 Å². The van der Waals surface area contributed by atoms with E-state index < -0.39 is 0 Å². The highest BCUT2D eigenvalue weighted by atomic mass is 32.1. The highest BCUT2D eigenvalue weighted by Crippen LogP contribution is 2.31. The fourth-order valence-electron chi connectivity index (χ4n) is 2.91. The topological polar surface area (TPSA) is 42.0 Å². The molecule has 0 bridgehead atoms. The number of rotatable bonds is 4. The Kier molecular flexibility index (Phi) is 5.10. The average Bonchev–Trinajstić information content (AvgIpc) is 3.01. The van der Waals surface area contributed by atoms with Gasteiger partial charge in [-0.1, -0.05) is 48.0 Å². The smallest absolute Gasteiger partial charge is 0.250 e. The van der Waals surface area contributed by atoms with E-state index in [1.54, 1.807) is 6.08 Å². The van der Waals surface area contributed by atoms with Crippen molar-refractivity contribution in [1.29, 1.82) is 0 Å². The van der Waals surface area contributed by atoms with Gasteiger partial charge in [-0.3, -0.25) is 10.1 Å². The third-order valence-corrected chi connectivity index (χ3v) is 4.65. The van der Waals surface area contributed by atoms with E-state index in [-0.39, 0.29) is 5.91 Å². The molecule has 3 aromatic rings. The molecular weight excluding hydrogens is 328 g/mol. The number of nitrogens with one attached hydrogen (secondary N) is 1. The first-order valence-electron chi connectivity index (χ1n) is 8.11. The molecule has 2 aromatic carbocycles. The number of hydrogen-bond donors (Lipinski definition) is 1. The maximum Gasteiger partial charge on any atom is 0.250 e. The summed E-state index contributed by atoms with van der Waals surface area (Å²) < 4.78 is 0. The van der Waals surface area contributed by atoms with Gasteiger partial charge >= 0.3 is 0 Å². The van der Waals surface area contributed by atoms with Crippen LogP contribution in [-0.4, -0.2) is 10.9 Å². The minimum atomic E-state index is -0.179. The van der Waals surface area contributed by atoms with E-state index in [1.165, 1.54) is 34.1 Å². The van der Waals surface area contributed by atoms with Crippen LogP contribution in [0.1, 0.15) is 22.3 Å². The van der Waals surface area contributed by atoms with Gasteiger partial charge in [-0.15, -0.1) is 11.3 Å². The van der Waals surface area contributed by atoms with Crippen molar-refractivity contribution < 1.29 is 4.79 Å². The van der Waals surface area contributed by atoms with Gasteiger partial charge in [-0.05, 0) is 43.5 Å². The van der Waals surface area contributed by atoms with Crippen molar-refractivity contribution in [1.82, 2.24) is 4.98 Å². The lowest BCUT2D eigenvalue weighted by Crippen LogP contribution is -2.07. The first-order chi connectivity index (χ1) is 12.0. The number of carbonyl (C=O) groups excluding carboxylic acids is 1. The van der Waals surface area contributed by atoms with Crippen molar-refractivity contribution in [3.05, 3.63) is 76.2 Å². The molecule has 1 N–H and O–H groups in total. The Morgan fingerprint density at radius 2 is 1.76 bits per heavy atom. The van der Waals surface area contributed by atoms with Gasteiger partial charge in [-0.2, -0.15) is 0 Å². The quantitative estimate of drug-likeness (QED) is 0.643. The second-order valence-electron chi connectivity index (χ2n) is 6.04. The van der Waals surface area contributed by atoms with Gasteiger partial charge in [-0.25, -0.2) is 4.98 Å². The summed E-state index contributed by atoms with van der Waals surface area (Å²) in [7, 11) is 0. The molecule has 1 amide bonds. The summed E-state index contributed by atoms with van der Waals surface area (Å²) in [5.41, 5.74) is 6.68. The molecule has 25 heavy (non-hydrogen) atoms. The van der Waals surface area contributed by atoms with Crippen LogP contribution >= 0.6 is 11.3 Å². The van der Waals surface area contributed by atoms with E-state index in [4.69, 9.17) is 0 Å². The van der Waals surface area contributed by atoms with E-state index in [2.05, 4.69) is 43.2 Å². The molecule has 0 saturated heterocycles. The van der Waals surface area contributed by atoms with Crippen LogP contribution in [-0.2, 0) is 4.79 Å². The van der Waals surface area contributed by atoms with Gasteiger partial charge < -0.3 is 0 Å². The van der Waals surface area contributed by atoms with Crippen molar-refractivity contribution >= 4 is 28.5 Å². The molecule has 1 heterocycles. The van der Waals surface area contributed by atoms with Gasteiger partial charge in [0.15, 0.2) is 5.13 Å². The third-order valence-electron chi connectivity index (χ3n) is 3.89. The molecule has 0 aliphatic heterocycles. The minimum Gasteiger partial charge on any atom is -0.298 e. The molecule has 126 valence electrons. The second-order valence-corrected chi connectivity index (χ2v) is 6.90. The summed E-state index contributed by atoms with van der Waals surface area (Å²) in [6.07, 6.45) is 3.32. The highest BCUT2D eigenvalue weighted by molar-refractivity contribution is 7.14. The summed E-state index contributed by atoms with van der Waals surface area (Å²) in [6.45, 7) is 6.28. The zero-order chi connectivity index (χ0) is 17.8. The summed E-state index contributed by atoms with van der Waals surface area (Å²) >= 11 is 1.44. The van der Waals surface area contributed by atoms with Gasteiger partial charge in [0.1, 0.15) is 0 Å². The van der Waals surface area contributed by atoms with Crippen LogP contribution in [0.2, 0.25) is 0 Å². The second kappa shape index (κ2) is 7.45. The lowest BCUT2D eigenvalue weighted by Gasteiger charge is -2.08. The number of thiazole rings is 1. The Bertz CT molecular complexity index is 903. The van der Waals surface area contributed by atoms with Crippen LogP contribution in [0.25, 0.3) is 17.3 Å². The lowest BCUT2D eigenvalue weighted by molar-refractivity contribution is -0.111. The van der Waals surface area contributed by atoms with Crippen molar-refractivity contribution in [2.75, 3.05) is 5.32 Å². The van der Waals surface area contributed by atoms with Crippen LogP contribution in [0, 0.1) is 20.8 Å². The molecular formula is C21H20N2OS. The van der Waals surface area contributed by atoms with E-state index in [0.29, 0.717) is 5.13 Å². The van der Waals surface area contributed by atoms with Gasteiger partial charge in [0.2, 0.25) is 5.91 Å². The monoisotopic (exact) mass is 348 g/mol. The van der Waals surface area contributed by atoms with Crippen LogP contribution in [0.5, 0.6) is 0 Å². The number of benzene rings is 2. The molecule has 0 aliphatic carbocycles. The molecule has 0 radical (unpaired) electrons. The predicted molar refractivity (Wildman–Crippen MR) is 106 cm³/mol. The molecule has 4 heteroatoms. The van der Waals surface area contributed by atoms with E-state index in [9.17, 15) is 4.79 Å².